The molecule has 0 spiro atoms. The standard InChI is InChI=1S/C23H25N3O4/c1-16(18-10-6-4-7-11-18)14-24-22(27)17(2)30-23(28)21-20(29-3)15-26(25-21)19-12-8-5-9-13-19/h4-13,15-17H,14H2,1-3H3,(H,24,27)/t16-,17-/m1/s1. The first-order valence-corrected chi connectivity index (χ1v) is 9.72. The van der Waals surface area contributed by atoms with E-state index >= 15 is 0 Å². The summed E-state index contributed by atoms with van der Waals surface area (Å²) >= 11 is 0. The first kappa shape index (κ1) is 21.1. The zero-order valence-corrected chi connectivity index (χ0v) is 17.2. The number of nitrogens with zero attached hydrogens (tertiary/aromatic N) is 2. The van der Waals surface area contributed by atoms with Gasteiger partial charge in [0.1, 0.15) is 0 Å². The number of aromatic nitrogens is 2. The van der Waals surface area contributed by atoms with Crippen LogP contribution in [0.5, 0.6) is 5.75 Å². The molecule has 1 aromatic heterocycles. The average Bonchev–Trinajstić information content (AvgIpc) is 3.23. The van der Waals surface area contributed by atoms with Gasteiger partial charge in [-0.15, -0.1) is 0 Å². The molecule has 0 bridgehead atoms. The topological polar surface area (TPSA) is 82.5 Å². The van der Waals surface area contributed by atoms with Crippen LogP contribution in [0, 0.1) is 0 Å². The van der Waals surface area contributed by atoms with Crippen molar-refractivity contribution >= 4 is 11.9 Å². The van der Waals surface area contributed by atoms with Crippen molar-refractivity contribution in [3.63, 3.8) is 0 Å². The van der Waals surface area contributed by atoms with Crippen molar-refractivity contribution in [2.24, 2.45) is 0 Å². The molecule has 0 saturated heterocycles. The summed E-state index contributed by atoms with van der Waals surface area (Å²) < 4.78 is 12.1. The lowest BCUT2D eigenvalue weighted by Gasteiger charge is -2.16. The predicted molar refractivity (Wildman–Crippen MR) is 113 cm³/mol. The monoisotopic (exact) mass is 407 g/mol. The molecule has 1 amide bonds. The first-order valence-electron chi connectivity index (χ1n) is 9.72. The summed E-state index contributed by atoms with van der Waals surface area (Å²) in [5, 5.41) is 7.09. The van der Waals surface area contributed by atoms with Gasteiger partial charge < -0.3 is 14.8 Å². The molecule has 0 aliphatic carbocycles. The zero-order valence-electron chi connectivity index (χ0n) is 17.2. The molecule has 0 aliphatic heterocycles. The third-order valence-corrected chi connectivity index (χ3v) is 4.72. The SMILES string of the molecule is COc1cn(-c2ccccc2)nc1C(=O)O[C@H](C)C(=O)NC[C@@H](C)c1ccccc1. The minimum Gasteiger partial charge on any atom is -0.493 e. The summed E-state index contributed by atoms with van der Waals surface area (Å²) in [7, 11) is 1.45. The lowest BCUT2D eigenvalue weighted by molar-refractivity contribution is -0.129. The highest BCUT2D eigenvalue weighted by atomic mass is 16.6. The van der Waals surface area contributed by atoms with Crippen LogP contribution in [0.1, 0.15) is 35.8 Å². The summed E-state index contributed by atoms with van der Waals surface area (Å²) in [6, 6.07) is 19.2. The summed E-state index contributed by atoms with van der Waals surface area (Å²) in [6.07, 6.45) is 0.630. The van der Waals surface area contributed by atoms with Crippen LogP contribution in [0.3, 0.4) is 0 Å². The molecule has 2 aromatic carbocycles. The molecule has 2 atom stereocenters. The number of carbonyl (C=O) groups is 2. The Bertz CT molecular complexity index is 986. The number of carbonyl (C=O) groups excluding carboxylic acids is 2. The maximum atomic E-state index is 12.6. The van der Waals surface area contributed by atoms with E-state index in [0.717, 1.165) is 11.3 Å². The van der Waals surface area contributed by atoms with Crippen LogP contribution in [0.25, 0.3) is 5.69 Å². The number of benzene rings is 2. The largest absolute Gasteiger partial charge is 0.493 e. The van der Waals surface area contributed by atoms with Gasteiger partial charge in [0.15, 0.2) is 11.9 Å². The quantitative estimate of drug-likeness (QED) is 0.579. The lowest BCUT2D eigenvalue weighted by atomic mass is 10.0. The smallest absolute Gasteiger partial charge is 0.363 e. The van der Waals surface area contributed by atoms with E-state index in [1.807, 2.05) is 67.6 Å². The fraction of sp³-hybridized carbons (Fsp3) is 0.261. The van der Waals surface area contributed by atoms with Gasteiger partial charge >= 0.3 is 5.97 Å². The molecule has 0 aliphatic rings. The fourth-order valence-corrected chi connectivity index (χ4v) is 2.93. The van der Waals surface area contributed by atoms with Gasteiger partial charge in [-0.05, 0) is 30.5 Å². The molecule has 1 N–H and O–H groups in total. The molecular weight excluding hydrogens is 382 g/mol. The Morgan fingerprint density at radius 1 is 1.03 bits per heavy atom. The van der Waals surface area contributed by atoms with Gasteiger partial charge in [0.2, 0.25) is 5.69 Å². The molecule has 0 saturated carbocycles. The van der Waals surface area contributed by atoms with Crippen molar-refractivity contribution in [3.05, 3.63) is 78.1 Å². The number of methoxy groups -OCH3 is 1. The molecule has 156 valence electrons. The molecular formula is C23H25N3O4. The van der Waals surface area contributed by atoms with Crippen LogP contribution in [0.15, 0.2) is 66.9 Å². The van der Waals surface area contributed by atoms with Crippen LogP contribution in [-0.4, -0.2) is 41.4 Å². The highest BCUT2D eigenvalue weighted by molar-refractivity contribution is 5.92. The van der Waals surface area contributed by atoms with Crippen molar-refractivity contribution in [1.82, 2.24) is 15.1 Å². The second-order valence-corrected chi connectivity index (χ2v) is 6.93. The Balaban J connectivity index is 1.61. The minimum atomic E-state index is -0.966. The van der Waals surface area contributed by atoms with Gasteiger partial charge in [-0.3, -0.25) is 4.79 Å². The summed E-state index contributed by atoms with van der Waals surface area (Å²) in [4.78, 5) is 25.0. The van der Waals surface area contributed by atoms with Gasteiger partial charge in [0, 0.05) is 6.54 Å². The summed E-state index contributed by atoms with van der Waals surface area (Å²) in [5.74, 6) is -0.679. The Hall–Kier alpha value is -3.61. The molecule has 0 radical (unpaired) electrons. The first-order chi connectivity index (χ1) is 14.5. The van der Waals surface area contributed by atoms with Crippen LogP contribution < -0.4 is 10.1 Å². The number of esters is 1. The van der Waals surface area contributed by atoms with Crippen molar-refractivity contribution in [1.29, 1.82) is 0 Å². The zero-order chi connectivity index (χ0) is 21.5. The molecule has 0 fully saturated rings. The van der Waals surface area contributed by atoms with E-state index < -0.39 is 12.1 Å². The Morgan fingerprint density at radius 2 is 1.67 bits per heavy atom. The van der Waals surface area contributed by atoms with Crippen molar-refractivity contribution < 1.29 is 19.1 Å². The minimum absolute atomic E-state index is 0.0126. The van der Waals surface area contributed by atoms with E-state index in [9.17, 15) is 9.59 Å². The Kier molecular flexibility index (Phi) is 6.85. The van der Waals surface area contributed by atoms with E-state index in [0.29, 0.717) is 6.54 Å². The maximum Gasteiger partial charge on any atom is 0.363 e. The fourth-order valence-electron chi connectivity index (χ4n) is 2.93. The number of amides is 1. The molecule has 3 aromatic rings. The molecule has 0 unspecified atom stereocenters. The number of para-hydroxylation sites is 1. The lowest BCUT2D eigenvalue weighted by Crippen LogP contribution is -2.37. The second-order valence-electron chi connectivity index (χ2n) is 6.93. The number of hydrogen-bond donors (Lipinski definition) is 1. The second kappa shape index (κ2) is 9.73. The Labute approximate surface area is 175 Å². The van der Waals surface area contributed by atoms with Crippen molar-refractivity contribution in [2.45, 2.75) is 25.9 Å². The molecule has 3 rings (SSSR count). The number of hydrogen-bond acceptors (Lipinski definition) is 5. The van der Waals surface area contributed by atoms with Crippen molar-refractivity contribution in [3.8, 4) is 11.4 Å². The molecule has 7 nitrogen and oxygen atoms in total. The molecule has 1 heterocycles. The van der Waals surface area contributed by atoms with Gasteiger partial charge in [-0.2, -0.15) is 5.10 Å². The Morgan fingerprint density at radius 3 is 2.30 bits per heavy atom. The van der Waals surface area contributed by atoms with Gasteiger partial charge in [0.05, 0.1) is 19.0 Å². The predicted octanol–water partition coefficient (Wildman–Crippen LogP) is 3.35. The van der Waals surface area contributed by atoms with Crippen LogP contribution in [-0.2, 0) is 9.53 Å². The molecule has 30 heavy (non-hydrogen) atoms. The van der Waals surface area contributed by atoms with Gasteiger partial charge in [-0.1, -0.05) is 55.5 Å². The van der Waals surface area contributed by atoms with Crippen molar-refractivity contribution in [2.75, 3.05) is 13.7 Å². The van der Waals surface area contributed by atoms with E-state index in [-0.39, 0.29) is 23.3 Å². The maximum absolute atomic E-state index is 12.6. The van der Waals surface area contributed by atoms with E-state index in [2.05, 4.69) is 10.4 Å². The summed E-state index contributed by atoms with van der Waals surface area (Å²) in [6.45, 7) is 3.99. The normalized spacial score (nSPS) is 12.6. The number of nitrogens with one attached hydrogen (secondary N) is 1. The number of ether oxygens (including phenoxy) is 2. The van der Waals surface area contributed by atoms with Gasteiger partial charge in [0.25, 0.3) is 5.91 Å². The average molecular weight is 407 g/mol. The van der Waals surface area contributed by atoms with Crippen LogP contribution in [0.2, 0.25) is 0 Å². The van der Waals surface area contributed by atoms with Gasteiger partial charge in [-0.25, -0.2) is 9.48 Å². The third kappa shape index (κ3) is 5.05. The third-order valence-electron chi connectivity index (χ3n) is 4.72. The highest BCUT2D eigenvalue weighted by Gasteiger charge is 2.25. The number of rotatable bonds is 8. The summed E-state index contributed by atoms with van der Waals surface area (Å²) in [5.41, 5.74) is 1.91. The van der Waals surface area contributed by atoms with Crippen LogP contribution >= 0.6 is 0 Å². The van der Waals surface area contributed by atoms with Crippen LogP contribution in [0.4, 0.5) is 0 Å². The van der Waals surface area contributed by atoms with E-state index in [4.69, 9.17) is 9.47 Å². The molecule has 7 heteroatoms. The van der Waals surface area contributed by atoms with E-state index in [1.165, 1.54) is 18.7 Å². The highest BCUT2D eigenvalue weighted by Crippen LogP contribution is 2.21. The van der Waals surface area contributed by atoms with E-state index in [1.54, 1.807) is 6.20 Å².